The summed E-state index contributed by atoms with van der Waals surface area (Å²) in [5.41, 5.74) is 1.64. The van der Waals surface area contributed by atoms with Gasteiger partial charge in [0.05, 0.1) is 0 Å². The number of benzene rings is 1. The molecule has 2 rings (SSSR count). The average molecular weight is 262 g/mol. The first-order valence-electron chi connectivity index (χ1n) is 5.62. The molecule has 2 aromatic rings. The van der Waals surface area contributed by atoms with E-state index in [1.165, 1.54) is 6.08 Å². The lowest BCUT2D eigenvalue weighted by Gasteiger charge is -1.93. The zero-order valence-electron chi connectivity index (χ0n) is 9.89. The molecule has 4 heteroatoms. The van der Waals surface area contributed by atoms with Crippen LogP contribution in [0.15, 0.2) is 40.9 Å². The fraction of sp³-hybridized carbons (Fsp3) is 0.143. The third-order valence-corrected chi connectivity index (χ3v) is 2.70. The standard InChI is InChI=1S/C14H12ClNO2/c1-2-12(17)7-8-13-9-14(16-18-13)10-3-5-11(15)6-4-10/h3-9H,2H2,1H3/b8-7+. The highest BCUT2D eigenvalue weighted by molar-refractivity contribution is 6.30. The van der Waals surface area contributed by atoms with E-state index < -0.39 is 0 Å². The number of hydrogen-bond donors (Lipinski definition) is 0. The fourth-order valence-corrected chi connectivity index (χ4v) is 1.54. The summed E-state index contributed by atoms with van der Waals surface area (Å²) < 4.78 is 5.12. The molecule has 0 saturated heterocycles. The van der Waals surface area contributed by atoms with E-state index in [1.807, 2.05) is 19.1 Å². The highest BCUT2D eigenvalue weighted by Crippen LogP contribution is 2.21. The molecule has 0 radical (unpaired) electrons. The van der Waals surface area contributed by atoms with Crippen LogP contribution in [0.25, 0.3) is 17.3 Å². The Morgan fingerprint density at radius 2 is 2.11 bits per heavy atom. The van der Waals surface area contributed by atoms with E-state index in [1.54, 1.807) is 24.3 Å². The van der Waals surface area contributed by atoms with Crippen molar-refractivity contribution in [2.45, 2.75) is 13.3 Å². The smallest absolute Gasteiger partial charge is 0.160 e. The predicted molar refractivity (Wildman–Crippen MR) is 71.3 cm³/mol. The molecule has 0 N–H and O–H groups in total. The molecule has 1 aromatic heterocycles. The molecule has 1 heterocycles. The van der Waals surface area contributed by atoms with Crippen molar-refractivity contribution in [3.05, 3.63) is 47.2 Å². The lowest BCUT2D eigenvalue weighted by Crippen LogP contribution is -1.85. The summed E-state index contributed by atoms with van der Waals surface area (Å²) in [7, 11) is 0. The highest BCUT2D eigenvalue weighted by atomic mass is 35.5. The van der Waals surface area contributed by atoms with E-state index in [-0.39, 0.29) is 5.78 Å². The van der Waals surface area contributed by atoms with Crippen LogP contribution in [0.1, 0.15) is 19.1 Å². The van der Waals surface area contributed by atoms with Crippen LogP contribution >= 0.6 is 11.6 Å². The topological polar surface area (TPSA) is 43.1 Å². The van der Waals surface area contributed by atoms with Crippen molar-refractivity contribution in [1.82, 2.24) is 5.16 Å². The van der Waals surface area contributed by atoms with E-state index >= 15 is 0 Å². The van der Waals surface area contributed by atoms with Crippen molar-refractivity contribution in [3.8, 4) is 11.3 Å². The molecule has 0 fully saturated rings. The molecule has 1 aromatic carbocycles. The summed E-state index contributed by atoms with van der Waals surface area (Å²) in [6.07, 6.45) is 3.60. The maximum absolute atomic E-state index is 11.1. The van der Waals surface area contributed by atoms with Gasteiger partial charge in [-0.25, -0.2) is 0 Å². The van der Waals surface area contributed by atoms with Crippen LogP contribution in [-0.4, -0.2) is 10.9 Å². The normalized spacial score (nSPS) is 11.0. The number of carbonyl (C=O) groups is 1. The van der Waals surface area contributed by atoms with Gasteiger partial charge in [0.2, 0.25) is 0 Å². The number of nitrogens with zero attached hydrogens (tertiary/aromatic N) is 1. The number of ketones is 1. The molecule has 0 bridgehead atoms. The van der Waals surface area contributed by atoms with Gasteiger partial charge in [-0.1, -0.05) is 35.8 Å². The predicted octanol–water partition coefficient (Wildman–Crippen LogP) is 3.99. The van der Waals surface area contributed by atoms with Crippen molar-refractivity contribution in [1.29, 1.82) is 0 Å². The fourth-order valence-electron chi connectivity index (χ4n) is 1.42. The third-order valence-electron chi connectivity index (χ3n) is 2.45. The quantitative estimate of drug-likeness (QED) is 0.782. The van der Waals surface area contributed by atoms with Crippen LogP contribution in [0, 0.1) is 0 Å². The minimum absolute atomic E-state index is 0.0550. The van der Waals surface area contributed by atoms with E-state index in [9.17, 15) is 4.79 Å². The van der Waals surface area contributed by atoms with E-state index in [2.05, 4.69) is 5.16 Å². The largest absolute Gasteiger partial charge is 0.356 e. The molecule has 0 aliphatic heterocycles. The van der Waals surface area contributed by atoms with Crippen LogP contribution in [0.3, 0.4) is 0 Å². The number of carbonyl (C=O) groups excluding carboxylic acids is 1. The van der Waals surface area contributed by atoms with Crippen LogP contribution in [0.2, 0.25) is 5.02 Å². The van der Waals surface area contributed by atoms with E-state index in [0.717, 1.165) is 11.3 Å². The van der Waals surface area contributed by atoms with Crippen molar-refractivity contribution < 1.29 is 9.32 Å². The maximum Gasteiger partial charge on any atom is 0.160 e. The molecular formula is C14H12ClNO2. The number of rotatable bonds is 4. The second kappa shape index (κ2) is 5.65. The van der Waals surface area contributed by atoms with Crippen molar-refractivity contribution >= 4 is 23.5 Å². The van der Waals surface area contributed by atoms with Crippen LogP contribution < -0.4 is 0 Å². The molecule has 0 atom stereocenters. The summed E-state index contributed by atoms with van der Waals surface area (Å²) in [5, 5.41) is 4.62. The minimum Gasteiger partial charge on any atom is -0.356 e. The van der Waals surface area contributed by atoms with Gasteiger partial charge in [0.1, 0.15) is 5.69 Å². The second-order valence-corrected chi connectivity index (χ2v) is 4.21. The molecule has 0 saturated carbocycles. The number of aromatic nitrogens is 1. The van der Waals surface area contributed by atoms with Crippen LogP contribution in [0.4, 0.5) is 0 Å². The van der Waals surface area contributed by atoms with Gasteiger partial charge in [0.25, 0.3) is 0 Å². The molecule has 92 valence electrons. The molecule has 0 aliphatic carbocycles. The molecule has 0 spiro atoms. The second-order valence-electron chi connectivity index (χ2n) is 3.77. The SMILES string of the molecule is CCC(=O)/C=C/c1cc(-c2ccc(Cl)cc2)no1. The van der Waals surface area contributed by atoms with Crippen molar-refractivity contribution in [2.75, 3.05) is 0 Å². The van der Waals surface area contributed by atoms with Gasteiger partial charge in [-0.2, -0.15) is 0 Å². The van der Waals surface area contributed by atoms with Crippen LogP contribution in [-0.2, 0) is 4.79 Å². The number of hydrogen-bond acceptors (Lipinski definition) is 3. The minimum atomic E-state index is 0.0550. The van der Waals surface area contributed by atoms with Crippen LogP contribution in [0.5, 0.6) is 0 Å². The Hall–Kier alpha value is -1.87. The monoisotopic (exact) mass is 261 g/mol. The van der Waals surface area contributed by atoms with E-state index in [0.29, 0.717) is 17.2 Å². The van der Waals surface area contributed by atoms with Gasteiger partial charge in [0, 0.05) is 23.1 Å². The first kappa shape index (κ1) is 12.6. The summed E-state index contributed by atoms with van der Waals surface area (Å²) in [4.78, 5) is 11.1. The summed E-state index contributed by atoms with van der Waals surface area (Å²) in [5.74, 6) is 0.612. The number of halogens is 1. The Morgan fingerprint density at radius 3 is 2.78 bits per heavy atom. The van der Waals surface area contributed by atoms with Gasteiger partial charge in [-0.3, -0.25) is 4.79 Å². The Labute approximate surface area is 110 Å². The van der Waals surface area contributed by atoms with Gasteiger partial charge < -0.3 is 4.52 Å². The van der Waals surface area contributed by atoms with Crippen molar-refractivity contribution in [2.24, 2.45) is 0 Å². The zero-order chi connectivity index (χ0) is 13.0. The Bertz CT molecular complexity index is 570. The van der Waals surface area contributed by atoms with Gasteiger partial charge in [0.15, 0.2) is 11.5 Å². The number of allylic oxidation sites excluding steroid dienone is 1. The van der Waals surface area contributed by atoms with Gasteiger partial charge in [-0.15, -0.1) is 0 Å². The first-order valence-corrected chi connectivity index (χ1v) is 6.00. The Balaban J connectivity index is 2.18. The summed E-state index contributed by atoms with van der Waals surface area (Å²) in [6.45, 7) is 1.81. The van der Waals surface area contributed by atoms with Gasteiger partial charge >= 0.3 is 0 Å². The van der Waals surface area contributed by atoms with Crippen molar-refractivity contribution in [3.63, 3.8) is 0 Å². The first-order chi connectivity index (χ1) is 8.69. The summed E-state index contributed by atoms with van der Waals surface area (Å²) in [6, 6.07) is 9.10. The molecular weight excluding hydrogens is 250 g/mol. The summed E-state index contributed by atoms with van der Waals surface area (Å²) >= 11 is 5.81. The molecule has 0 amide bonds. The maximum atomic E-state index is 11.1. The molecule has 18 heavy (non-hydrogen) atoms. The van der Waals surface area contributed by atoms with Gasteiger partial charge in [-0.05, 0) is 24.3 Å². The average Bonchev–Trinajstić information content (AvgIpc) is 2.85. The third kappa shape index (κ3) is 3.08. The molecule has 3 nitrogen and oxygen atoms in total. The van der Waals surface area contributed by atoms with E-state index in [4.69, 9.17) is 16.1 Å². The zero-order valence-corrected chi connectivity index (χ0v) is 10.6. The lowest BCUT2D eigenvalue weighted by atomic mass is 10.1. The Morgan fingerprint density at radius 1 is 1.39 bits per heavy atom. The Kier molecular flexibility index (Phi) is 3.95. The molecule has 0 aliphatic rings. The highest BCUT2D eigenvalue weighted by Gasteiger charge is 2.04. The lowest BCUT2D eigenvalue weighted by molar-refractivity contribution is -0.114. The molecule has 0 unspecified atom stereocenters.